The molecule has 142 valence electrons. The van der Waals surface area contributed by atoms with E-state index in [-0.39, 0.29) is 18.4 Å². The van der Waals surface area contributed by atoms with Crippen molar-refractivity contribution in [3.8, 4) is 0 Å². The van der Waals surface area contributed by atoms with Crippen LogP contribution in [0.1, 0.15) is 72.1 Å². The number of carbonyl (C=O) groups excluding carboxylic acids is 3. The van der Waals surface area contributed by atoms with Gasteiger partial charge in [-0.05, 0) is 43.9 Å². The molecule has 1 saturated heterocycles. The van der Waals surface area contributed by atoms with Crippen LogP contribution in [0.15, 0.2) is 0 Å². The average Bonchev–Trinajstić information content (AvgIpc) is 2.82. The first-order valence-electron chi connectivity index (χ1n) is 9.82. The van der Waals surface area contributed by atoms with Crippen molar-refractivity contribution in [1.29, 1.82) is 0 Å². The monoisotopic (exact) mass is 351 g/mol. The maximum Gasteiger partial charge on any atom is 0.325 e. The Hall–Kier alpha value is -1.59. The molecule has 6 heteroatoms. The lowest BCUT2D eigenvalue weighted by atomic mass is 9.77. The number of nitrogens with zero attached hydrogens (tertiary/aromatic N) is 1. The fraction of sp³-hybridized carbons (Fsp3) is 0.842. The van der Waals surface area contributed by atoms with Gasteiger partial charge in [0.05, 0.1) is 0 Å². The summed E-state index contributed by atoms with van der Waals surface area (Å²) < 4.78 is 0. The Morgan fingerprint density at radius 1 is 1.32 bits per heavy atom. The summed E-state index contributed by atoms with van der Waals surface area (Å²) in [5.41, 5.74) is -0.767. The number of hydrogen-bond acceptors (Lipinski definition) is 3. The minimum absolute atomic E-state index is 0.174. The van der Waals surface area contributed by atoms with Gasteiger partial charge in [0.15, 0.2) is 0 Å². The van der Waals surface area contributed by atoms with E-state index in [4.69, 9.17) is 0 Å². The van der Waals surface area contributed by atoms with Crippen LogP contribution in [0.4, 0.5) is 4.79 Å². The zero-order chi connectivity index (χ0) is 18.4. The molecule has 2 fully saturated rings. The van der Waals surface area contributed by atoms with Crippen LogP contribution < -0.4 is 10.6 Å². The van der Waals surface area contributed by atoms with Crippen molar-refractivity contribution in [2.24, 2.45) is 11.8 Å². The molecule has 0 bridgehead atoms. The van der Waals surface area contributed by atoms with Crippen molar-refractivity contribution in [2.45, 2.75) is 77.7 Å². The molecule has 6 nitrogen and oxygen atoms in total. The van der Waals surface area contributed by atoms with Gasteiger partial charge < -0.3 is 10.6 Å². The number of hydrogen-bond donors (Lipinski definition) is 2. The van der Waals surface area contributed by atoms with E-state index >= 15 is 0 Å². The summed E-state index contributed by atoms with van der Waals surface area (Å²) in [6, 6.07) is -0.423. The number of nitrogens with one attached hydrogen (secondary N) is 2. The molecule has 1 unspecified atom stereocenters. The minimum atomic E-state index is -0.767. The maximum atomic E-state index is 12.7. The number of imide groups is 1. The fourth-order valence-corrected chi connectivity index (χ4v) is 3.81. The molecule has 0 aromatic carbocycles. The SMILES string of the molecule is CCCCC(CC)CNC(=O)CN1C(=O)NC2(CCC(C)CC2)C1=O. The highest BCUT2D eigenvalue weighted by Crippen LogP contribution is 2.36. The minimum Gasteiger partial charge on any atom is -0.354 e. The van der Waals surface area contributed by atoms with Crippen molar-refractivity contribution in [3.05, 3.63) is 0 Å². The maximum absolute atomic E-state index is 12.7. The molecule has 4 amide bonds. The highest BCUT2D eigenvalue weighted by Gasteiger charge is 2.52. The van der Waals surface area contributed by atoms with E-state index in [2.05, 4.69) is 31.4 Å². The molecular formula is C19H33N3O3. The Morgan fingerprint density at radius 3 is 2.60 bits per heavy atom. The topological polar surface area (TPSA) is 78.5 Å². The molecule has 2 aliphatic rings. The van der Waals surface area contributed by atoms with Gasteiger partial charge in [0.1, 0.15) is 12.1 Å². The molecule has 1 atom stereocenters. The first kappa shape index (κ1) is 19.7. The van der Waals surface area contributed by atoms with E-state index in [0.29, 0.717) is 31.2 Å². The number of unbranched alkanes of at least 4 members (excludes halogenated alkanes) is 1. The fourth-order valence-electron chi connectivity index (χ4n) is 3.81. The van der Waals surface area contributed by atoms with E-state index < -0.39 is 11.6 Å². The van der Waals surface area contributed by atoms with Crippen LogP contribution in [-0.2, 0) is 9.59 Å². The van der Waals surface area contributed by atoms with Gasteiger partial charge in [-0.25, -0.2) is 4.79 Å². The molecule has 0 aromatic rings. The second-order valence-corrected chi connectivity index (χ2v) is 7.81. The van der Waals surface area contributed by atoms with Crippen LogP contribution in [-0.4, -0.2) is 41.4 Å². The summed E-state index contributed by atoms with van der Waals surface area (Å²) in [6.45, 7) is 6.89. The van der Waals surface area contributed by atoms with Crippen LogP contribution in [0.5, 0.6) is 0 Å². The van der Waals surface area contributed by atoms with Gasteiger partial charge in [-0.1, -0.05) is 40.0 Å². The molecular weight excluding hydrogens is 318 g/mol. The third kappa shape index (κ3) is 4.73. The standard InChI is InChI=1S/C19H33N3O3/c1-4-6-7-15(5-2)12-20-16(23)13-22-17(24)19(21-18(22)25)10-8-14(3)9-11-19/h14-15H,4-13H2,1-3H3,(H,20,23)(H,21,25). The molecule has 1 aliphatic carbocycles. The Bertz CT molecular complexity index is 498. The molecule has 25 heavy (non-hydrogen) atoms. The molecule has 2 N–H and O–H groups in total. The van der Waals surface area contributed by atoms with Gasteiger partial charge in [0.25, 0.3) is 5.91 Å². The predicted molar refractivity (Wildman–Crippen MR) is 96.9 cm³/mol. The van der Waals surface area contributed by atoms with E-state index in [1.807, 2.05) is 0 Å². The Labute approximate surface area is 151 Å². The first-order chi connectivity index (χ1) is 11.9. The molecule has 0 radical (unpaired) electrons. The van der Waals surface area contributed by atoms with Crippen LogP contribution >= 0.6 is 0 Å². The van der Waals surface area contributed by atoms with Crippen LogP contribution in [0, 0.1) is 11.8 Å². The van der Waals surface area contributed by atoms with Gasteiger partial charge in [-0.3, -0.25) is 14.5 Å². The highest BCUT2D eigenvalue weighted by atomic mass is 16.2. The largest absolute Gasteiger partial charge is 0.354 e. The molecule has 2 rings (SSSR count). The summed E-state index contributed by atoms with van der Waals surface area (Å²) in [4.78, 5) is 38.3. The Balaban J connectivity index is 1.86. The summed E-state index contributed by atoms with van der Waals surface area (Å²) in [6.07, 6.45) is 7.62. The zero-order valence-corrected chi connectivity index (χ0v) is 15.9. The number of carbonyl (C=O) groups is 3. The van der Waals surface area contributed by atoms with E-state index in [1.165, 1.54) is 0 Å². The van der Waals surface area contributed by atoms with Crippen molar-refractivity contribution in [1.82, 2.24) is 15.5 Å². The first-order valence-corrected chi connectivity index (χ1v) is 9.82. The van der Waals surface area contributed by atoms with Gasteiger partial charge in [0, 0.05) is 6.54 Å². The Morgan fingerprint density at radius 2 is 2.00 bits per heavy atom. The lowest BCUT2D eigenvalue weighted by Gasteiger charge is -2.33. The van der Waals surface area contributed by atoms with E-state index in [0.717, 1.165) is 43.4 Å². The quantitative estimate of drug-likeness (QED) is 0.660. The van der Waals surface area contributed by atoms with Crippen molar-refractivity contribution in [2.75, 3.05) is 13.1 Å². The Kier molecular flexibility index (Phi) is 6.85. The number of urea groups is 1. The zero-order valence-electron chi connectivity index (χ0n) is 15.9. The average molecular weight is 351 g/mol. The van der Waals surface area contributed by atoms with Gasteiger partial charge in [-0.15, -0.1) is 0 Å². The van der Waals surface area contributed by atoms with E-state index in [9.17, 15) is 14.4 Å². The summed E-state index contributed by atoms with van der Waals surface area (Å²) in [5, 5.41) is 5.75. The van der Waals surface area contributed by atoms with Crippen LogP contribution in [0.25, 0.3) is 0 Å². The molecule has 1 heterocycles. The van der Waals surface area contributed by atoms with Crippen molar-refractivity contribution in [3.63, 3.8) is 0 Å². The normalized spacial score (nSPS) is 27.5. The lowest BCUT2D eigenvalue weighted by Crippen LogP contribution is -2.50. The smallest absolute Gasteiger partial charge is 0.325 e. The van der Waals surface area contributed by atoms with Crippen LogP contribution in [0.3, 0.4) is 0 Å². The highest BCUT2D eigenvalue weighted by molar-refractivity contribution is 6.09. The molecule has 0 aromatic heterocycles. The second-order valence-electron chi connectivity index (χ2n) is 7.81. The van der Waals surface area contributed by atoms with Gasteiger partial charge in [0.2, 0.25) is 5.91 Å². The summed E-state index contributed by atoms with van der Waals surface area (Å²) in [5.74, 6) is 0.567. The molecule has 1 aliphatic heterocycles. The number of amides is 4. The summed E-state index contributed by atoms with van der Waals surface area (Å²) in [7, 11) is 0. The third-order valence-corrected chi connectivity index (χ3v) is 5.81. The van der Waals surface area contributed by atoms with Gasteiger partial charge in [-0.2, -0.15) is 0 Å². The van der Waals surface area contributed by atoms with Gasteiger partial charge >= 0.3 is 6.03 Å². The summed E-state index contributed by atoms with van der Waals surface area (Å²) >= 11 is 0. The third-order valence-electron chi connectivity index (χ3n) is 5.81. The van der Waals surface area contributed by atoms with Crippen molar-refractivity contribution >= 4 is 17.8 Å². The van der Waals surface area contributed by atoms with Crippen LogP contribution in [0.2, 0.25) is 0 Å². The second kappa shape index (κ2) is 8.68. The predicted octanol–water partition coefficient (Wildman–Crippen LogP) is 2.82. The van der Waals surface area contributed by atoms with Crippen molar-refractivity contribution < 1.29 is 14.4 Å². The lowest BCUT2D eigenvalue weighted by molar-refractivity contribution is -0.136. The molecule has 1 saturated carbocycles. The number of rotatable bonds is 8. The molecule has 1 spiro atoms. The van der Waals surface area contributed by atoms with E-state index in [1.54, 1.807) is 0 Å².